The van der Waals surface area contributed by atoms with Crippen LogP contribution < -0.4 is 0 Å². The van der Waals surface area contributed by atoms with E-state index in [0.717, 1.165) is 0 Å². The minimum absolute atomic E-state index is 0.0938. The summed E-state index contributed by atoms with van der Waals surface area (Å²) in [5, 5.41) is 0. The molecule has 5 heavy (non-hydrogen) atoms. The SMILES string of the molecule is [SiH2][SiH2][SiH2][SiH2]Cl. The molecule has 0 atom stereocenters. The van der Waals surface area contributed by atoms with Crippen molar-refractivity contribution in [3.63, 3.8) is 0 Å². The molecule has 0 nitrogen and oxygen atoms in total. The Labute approximate surface area is 46.6 Å². The van der Waals surface area contributed by atoms with Crippen LogP contribution in [-0.2, 0) is 0 Å². The molecule has 5 heteroatoms. The van der Waals surface area contributed by atoms with Crippen molar-refractivity contribution in [1.82, 2.24) is 0 Å². The van der Waals surface area contributed by atoms with E-state index in [-0.39, 0.29) is 8.35 Å². The lowest BCUT2D eigenvalue weighted by Gasteiger charge is -1.72. The van der Waals surface area contributed by atoms with Crippen molar-refractivity contribution in [2.75, 3.05) is 0 Å². The van der Waals surface area contributed by atoms with Crippen molar-refractivity contribution in [2.45, 2.75) is 0 Å². The van der Waals surface area contributed by atoms with Gasteiger partial charge in [-0.3, -0.25) is 0 Å². The third kappa shape index (κ3) is 5.16. The Kier molecular flexibility index (Phi) is 6.35. The Hall–Kier alpha value is 1.16. The van der Waals surface area contributed by atoms with Gasteiger partial charge in [0.25, 0.3) is 0 Å². The van der Waals surface area contributed by atoms with Crippen LogP contribution in [0.25, 0.3) is 0 Å². The smallest absolute Gasteiger partial charge is 0.106 e. The Morgan fingerprint density at radius 2 is 2.20 bits per heavy atom. The van der Waals surface area contributed by atoms with Gasteiger partial charge in [-0.15, -0.1) is 0 Å². The number of hydrogen-bond donors (Lipinski definition) is 0. The molecule has 0 spiro atoms. The highest BCUT2D eigenvalue weighted by Gasteiger charge is 1.75. The molecular formula is H8ClSi4. The molecule has 0 aromatic heterocycles. The summed E-state index contributed by atoms with van der Waals surface area (Å²) in [6.07, 6.45) is 0. The van der Waals surface area contributed by atoms with E-state index in [1.807, 2.05) is 0 Å². The van der Waals surface area contributed by atoms with E-state index in [0.29, 0.717) is 17.1 Å². The van der Waals surface area contributed by atoms with Crippen molar-refractivity contribution >= 4 is 46.3 Å². The lowest BCUT2D eigenvalue weighted by Crippen LogP contribution is -2.06. The van der Waals surface area contributed by atoms with E-state index >= 15 is 0 Å². The van der Waals surface area contributed by atoms with Crippen molar-refractivity contribution in [1.29, 1.82) is 0 Å². The third-order valence-corrected chi connectivity index (χ3v) is 31.1. The molecule has 0 heterocycles. The van der Waals surface area contributed by atoms with Gasteiger partial charge in [0.2, 0.25) is 0 Å². The van der Waals surface area contributed by atoms with Gasteiger partial charge in [-0.2, -0.15) is 11.1 Å². The highest BCUT2D eigenvalue weighted by Crippen LogP contribution is 1.57. The Morgan fingerprint density at radius 3 is 2.20 bits per heavy atom. The van der Waals surface area contributed by atoms with Crippen molar-refractivity contribution in [3.8, 4) is 0 Å². The quantitative estimate of drug-likeness (QED) is 0.295. The van der Waals surface area contributed by atoms with Crippen molar-refractivity contribution in [2.24, 2.45) is 0 Å². The monoisotopic (exact) mass is 155 g/mol. The molecule has 0 aliphatic carbocycles. The number of hydrogen-bond acceptors (Lipinski definition) is 0. The van der Waals surface area contributed by atoms with Crippen LogP contribution in [0.1, 0.15) is 0 Å². The van der Waals surface area contributed by atoms with E-state index in [4.69, 9.17) is 11.1 Å². The molecule has 0 amide bonds. The second kappa shape index (κ2) is 5.16. The molecule has 0 aromatic rings. The summed E-state index contributed by atoms with van der Waals surface area (Å²) in [6.45, 7) is 0. The lowest BCUT2D eigenvalue weighted by atomic mass is 26.5. The van der Waals surface area contributed by atoms with Gasteiger partial charge in [0.1, 0.15) is 8.35 Å². The predicted octanol–water partition coefficient (Wildman–Crippen LogP) is -2.98. The zero-order chi connectivity index (χ0) is 4.12. The molecule has 31 valence electrons. The van der Waals surface area contributed by atoms with Gasteiger partial charge >= 0.3 is 0 Å². The van der Waals surface area contributed by atoms with E-state index in [2.05, 4.69) is 9.76 Å². The van der Waals surface area contributed by atoms with Crippen LogP contribution in [0.4, 0.5) is 0 Å². The zero-order valence-electron chi connectivity index (χ0n) is 3.21. The lowest BCUT2D eigenvalue weighted by molar-refractivity contribution is 4.03. The average Bonchev–Trinajstić information content (AvgIpc) is 1.41. The van der Waals surface area contributed by atoms with Crippen LogP contribution in [-0.4, -0.2) is 35.2 Å². The van der Waals surface area contributed by atoms with E-state index in [1.54, 1.807) is 0 Å². The fourth-order valence-electron chi connectivity index (χ4n) is 0.0945. The van der Waals surface area contributed by atoms with Gasteiger partial charge in [-0.1, -0.05) is 0 Å². The number of rotatable bonds is 2. The molecule has 0 rings (SSSR count). The standard InChI is InChI=1S/ClH8Si4/c1-3-5-4-2/h2-5H2. The van der Waals surface area contributed by atoms with Gasteiger partial charge in [-0.25, -0.2) is 0 Å². The molecular weight excluding hydrogens is 148 g/mol. The first-order chi connectivity index (χ1) is 2.41. The highest BCUT2D eigenvalue weighted by atomic mass is 35.6. The van der Waals surface area contributed by atoms with Gasteiger partial charge < -0.3 is 0 Å². The topological polar surface area (TPSA) is 0 Å². The summed E-state index contributed by atoms with van der Waals surface area (Å²) >= 11 is 5.54. The summed E-state index contributed by atoms with van der Waals surface area (Å²) in [6, 6.07) is 0. The first kappa shape index (κ1) is 6.16. The molecule has 0 aromatic carbocycles. The summed E-state index contributed by atoms with van der Waals surface area (Å²) in [5.74, 6) is 0. The Bertz CT molecular complexity index is 11.1. The Balaban J connectivity index is 2.19. The summed E-state index contributed by atoms with van der Waals surface area (Å²) < 4.78 is 0. The zero-order valence-corrected chi connectivity index (χ0v) is 9.62. The predicted molar refractivity (Wildman–Crippen MR) is 40.0 cm³/mol. The van der Waals surface area contributed by atoms with Crippen LogP contribution in [0.15, 0.2) is 0 Å². The number of halogens is 1. The van der Waals surface area contributed by atoms with E-state index in [1.165, 1.54) is 0 Å². The molecule has 1 radical (unpaired) electrons. The molecule has 0 bridgehead atoms. The summed E-state index contributed by atoms with van der Waals surface area (Å²) in [4.78, 5) is 0. The maximum Gasteiger partial charge on any atom is 0.106 e. The van der Waals surface area contributed by atoms with Crippen LogP contribution in [0.5, 0.6) is 0 Å². The van der Waals surface area contributed by atoms with E-state index < -0.39 is 0 Å². The largest absolute Gasteiger partial charge is 0.181 e. The van der Waals surface area contributed by atoms with Gasteiger partial charge in [0.05, 0.1) is 0 Å². The molecule has 0 aliphatic rings. The molecule has 0 fully saturated rings. The van der Waals surface area contributed by atoms with Crippen LogP contribution in [0.2, 0.25) is 0 Å². The molecule has 0 saturated heterocycles. The second-order valence-corrected chi connectivity index (χ2v) is 24.2. The van der Waals surface area contributed by atoms with Gasteiger partial charge in [0, 0.05) is 8.55 Å². The van der Waals surface area contributed by atoms with Crippen LogP contribution in [0.3, 0.4) is 0 Å². The summed E-state index contributed by atoms with van der Waals surface area (Å²) in [5.41, 5.74) is 0. The van der Waals surface area contributed by atoms with Gasteiger partial charge in [0.15, 0.2) is 0 Å². The normalized spacial score (nSPS) is 15.6. The van der Waals surface area contributed by atoms with Gasteiger partial charge in [-0.05, 0) is 18.3 Å². The fourth-order valence-corrected chi connectivity index (χ4v) is 23.0. The van der Waals surface area contributed by atoms with Crippen LogP contribution >= 0.6 is 11.1 Å². The minimum Gasteiger partial charge on any atom is -0.181 e. The second-order valence-electron chi connectivity index (χ2n) is 0.896. The van der Waals surface area contributed by atoms with Crippen molar-refractivity contribution in [3.05, 3.63) is 0 Å². The average molecular weight is 156 g/mol. The molecule has 0 aliphatic heterocycles. The summed E-state index contributed by atoms with van der Waals surface area (Å²) in [7, 11) is 3.29. The Morgan fingerprint density at radius 1 is 1.60 bits per heavy atom. The molecule has 0 unspecified atom stereocenters. The highest BCUT2D eigenvalue weighted by molar-refractivity contribution is 7.50. The first-order valence-electron chi connectivity index (χ1n) is 1.77. The van der Waals surface area contributed by atoms with Crippen LogP contribution in [0, 0.1) is 0 Å². The van der Waals surface area contributed by atoms with E-state index in [9.17, 15) is 0 Å². The third-order valence-electron chi connectivity index (χ3n) is 0.384. The fraction of sp³-hybridized carbons (Fsp3) is 0. The van der Waals surface area contributed by atoms with Crippen molar-refractivity contribution < 1.29 is 0 Å². The molecule has 0 saturated carbocycles. The first-order valence-corrected chi connectivity index (χ1v) is 15.9. The molecule has 0 N–H and O–H groups in total. The minimum atomic E-state index is 0.0938. The maximum absolute atomic E-state index is 5.54. The maximum atomic E-state index is 5.54.